The van der Waals surface area contributed by atoms with E-state index in [9.17, 15) is 4.79 Å². The van der Waals surface area contributed by atoms with Gasteiger partial charge in [-0.15, -0.1) is 0 Å². The first-order chi connectivity index (χ1) is 20.9. The average Bonchev–Trinajstić information content (AvgIpc) is 3.70. The van der Waals surface area contributed by atoms with Crippen LogP contribution in [0.2, 0.25) is 0 Å². The van der Waals surface area contributed by atoms with Gasteiger partial charge in [0.15, 0.2) is 5.65 Å². The topological polar surface area (TPSA) is 84.6 Å². The number of ether oxygens (including phenoxy) is 1. The molecule has 0 saturated carbocycles. The molecular weight excluding hydrogens is 552 g/mol. The van der Waals surface area contributed by atoms with Crippen LogP contribution in [0, 0.1) is 0 Å². The third-order valence-electron chi connectivity index (χ3n) is 8.72. The molecule has 1 atom stereocenters. The van der Waals surface area contributed by atoms with Crippen molar-refractivity contribution in [2.75, 3.05) is 45.7 Å². The van der Waals surface area contributed by atoms with Crippen molar-refractivity contribution in [2.24, 2.45) is 0 Å². The molecule has 0 spiro atoms. The molecule has 4 aromatic rings. The maximum absolute atomic E-state index is 13.4. The standard InChI is InChI=1S/C34H46N8O2/c1-23-9-8-12-40(23)28-16-24(20-38(5)6)15-25(17-28)30-19-35-32-31(37-30)29(22-41(32)33(43)44-34(2,3)4)26-18-36-42(21-26)27-10-13-39(7)14-11-27/h15-19,21-23,27H,8-14,20H2,1-7H3. The van der Waals surface area contributed by atoms with Crippen LogP contribution in [0.15, 0.2) is 43.0 Å². The number of carbonyl (C=O) groups is 1. The van der Waals surface area contributed by atoms with Gasteiger partial charge in [0.2, 0.25) is 0 Å². The summed E-state index contributed by atoms with van der Waals surface area (Å²) in [6, 6.07) is 7.61. The fourth-order valence-corrected chi connectivity index (χ4v) is 6.49. The molecule has 1 aromatic carbocycles. The average molecular weight is 599 g/mol. The summed E-state index contributed by atoms with van der Waals surface area (Å²) in [5.74, 6) is 0. The lowest BCUT2D eigenvalue weighted by Gasteiger charge is -2.28. The van der Waals surface area contributed by atoms with E-state index in [1.54, 1.807) is 12.4 Å². The van der Waals surface area contributed by atoms with E-state index >= 15 is 0 Å². The minimum atomic E-state index is -0.643. The summed E-state index contributed by atoms with van der Waals surface area (Å²) in [6.45, 7) is 11.9. The first-order valence-electron chi connectivity index (χ1n) is 15.9. The van der Waals surface area contributed by atoms with Crippen LogP contribution in [0.3, 0.4) is 0 Å². The van der Waals surface area contributed by atoms with Gasteiger partial charge >= 0.3 is 6.09 Å². The van der Waals surface area contributed by atoms with Crippen molar-refractivity contribution in [3.8, 4) is 22.4 Å². The molecule has 44 heavy (non-hydrogen) atoms. The molecule has 0 bridgehead atoms. The maximum Gasteiger partial charge on any atom is 0.420 e. The van der Waals surface area contributed by atoms with Crippen molar-refractivity contribution in [1.82, 2.24) is 34.1 Å². The largest absolute Gasteiger partial charge is 0.443 e. The number of aromatic nitrogens is 5. The molecule has 3 aromatic heterocycles. The van der Waals surface area contributed by atoms with Crippen LogP contribution in [0.25, 0.3) is 33.5 Å². The van der Waals surface area contributed by atoms with Crippen LogP contribution in [-0.4, -0.2) is 92.6 Å². The van der Waals surface area contributed by atoms with Crippen molar-refractivity contribution >= 4 is 22.9 Å². The second-order valence-electron chi connectivity index (χ2n) is 13.9. The Morgan fingerprint density at radius 3 is 2.48 bits per heavy atom. The zero-order valence-electron chi connectivity index (χ0n) is 27.2. The first-order valence-corrected chi connectivity index (χ1v) is 15.9. The highest BCUT2D eigenvalue weighted by Crippen LogP contribution is 2.35. The summed E-state index contributed by atoms with van der Waals surface area (Å²) in [7, 11) is 6.35. The second kappa shape index (κ2) is 12.0. The molecule has 1 unspecified atom stereocenters. The number of fused-ring (bicyclic) bond motifs is 1. The van der Waals surface area contributed by atoms with Crippen LogP contribution < -0.4 is 4.90 Å². The van der Waals surface area contributed by atoms with Crippen molar-refractivity contribution < 1.29 is 9.53 Å². The third kappa shape index (κ3) is 6.37. The Bertz CT molecular complexity index is 1640. The Kier molecular flexibility index (Phi) is 8.24. The van der Waals surface area contributed by atoms with Crippen molar-refractivity contribution in [1.29, 1.82) is 0 Å². The number of rotatable bonds is 6. The van der Waals surface area contributed by atoms with Crippen LogP contribution in [0.5, 0.6) is 0 Å². The molecule has 0 N–H and O–H groups in total. The van der Waals surface area contributed by atoms with Gasteiger partial charge in [-0.05, 0) is 111 Å². The highest BCUT2D eigenvalue weighted by Gasteiger charge is 2.26. The van der Waals surface area contributed by atoms with Gasteiger partial charge in [0.05, 0.1) is 24.1 Å². The van der Waals surface area contributed by atoms with Gasteiger partial charge in [0, 0.05) is 53.9 Å². The van der Waals surface area contributed by atoms with E-state index in [2.05, 4.69) is 71.8 Å². The molecule has 0 radical (unpaired) electrons. The summed E-state index contributed by atoms with van der Waals surface area (Å²) in [5.41, 5.74) is 6.46. The minimum absolute atomic E-state index is 0.353. The fourth-order valence-electron chi connectivity index (χ4n) is 6.49. The van der Waals surface area contributed by atoms with Crippen LogP contribution in [0.1, 0.15) is 65.0 Å². The summed E-state index contributed by atoms with van der Waals surface area (Å²) < 4.78 is 9.32. The molecule has 2 saturated heterocycles. The van der Waals surface area contributed by atoms with Gasteiger partial charge in [-0.25, -0.2) is 19.3 Å². The number of carbonyl (C=O) groups excluding carboxylic acids is 1. The Morgan fingerprint density at radius 2 is 1.80 bits per heavy atom. The van der Waals surface area contributed by atoms with Gasteiger partial charge in [-0.2, -0.15) is 5.10 Å². The van der Waals surface area contributed by atoms with E-state index in [0.29, 0.717) is 23.2 Å². The number of benzene rings is 1. The zero-order valence-corrected chi connectivity index (χ0v) is 27.2. The minimum Gasteiger partial charge on any atom is -0.443 e. The molecule has 5 heterocycles. The summed E-state index contributed by atoms with van der Waals surface area (Å²) in [6.07, 6.45) is 11.6. The van der Waals surface area contributed by atoms with E-state index in [1.807, 2.05) is 27.0 Å². The van der Waals surface area contributed by atoms with E-state index < -0.39 is 11.7 Å². The highest BCUT2D eigenvalue weighted by molar-refractivity contribution is 5.97. The Morgan fingerprint density at radius 1 is 1.02 bits per heavy atom. The predicted octanol–water partition coefficient (Wildman–Crippen LogP) is 6.06. The second-order valence-corrected chi connectivity index (χ2v) is 13.9. The van der Waals surface area contributed by atoms with Gasteiger partial charge in [0.1, 0.15) is 11.1 Å². The first kappa shape index (κ1) is 30.3. The quantitative estimate of drug-likeness (QED) is 0.265. The Labute approximate surface area is 260 Å². The molecule has 2 aliphatic heterocycles. The van der Waals surface area contributed by atoms with Gasteiger partial charge < -0.3 is 19.4 Å². The van der Waals surface area contributed by atoms with Crippen molar-refractivity contribution in [3.63, 3.8) is 0 Å². The van der Waals surface area contributed by atoms with E-state index in [-0.39, 0.29) is 0 Å². The number of nitrogens with zero attached hydrogens (tertiary/aromatic N) is 8. The molecule has 10 heteroatoms. The van der Waals surface area contributed by atoms with Gasteiger partial charge in [-0.3, -0.25) is 4.68 Å². The molecular formula is C34H46N8O2. The molecule has 6 rings (SSSR count). The molecule has 2 fully saturated rings. The van der Waals surface area contributed by atoms with E-state index in [4.69, 9.17) is 19.8 Å². The zero-order chi connectivity index (χ0) is 31.2. The lowest BCUT2D eigenvalue weighted by atomic mass is 10.0. The number of likely N-dealkylation sites (tertiary alicyclic amines) is 1. The lowest BCUT2D eigenvalue weighted by molar-refractivity contribution is 0.0543. The lowest BCUT2D eigenvalue weighted by Crippen LogP contribution is -2.31. The maximum atomic E-state index is 13.4. The molecule has 0 aliphatic carbocycles. The normalized spacial score (nSPS) is 18.5. The van der Waals surface area contributed by atoms with Gasteiger partial charge in [-0.1, -0.05) is 0 Å². The summed E-state index contributed by atoms with van der Waals surface area (Å²) >= 11 is 0. The molecule has 2 aliphatic rings. The van der Waals surface area contributed by atoms with Crippen LogP contribution in [-0.2, 0) is 11.3 Å². The monoisotopic (exact) mass is 598 g/mol. The van der Waals surface area contributed by atoms with Crippen LogP contribution >= 0.6 is 0 Å². The van der Waals surface area contributed by atoms with E-state index in [1.165, 1.54) is 28.7 Å². The van der Waals surface area contributed by atoms with Gasteiger partial charge in [0.25, 0.3) is 0 Å². The number of hydrogen-bond donors (Lipinski definition) is 0. The van der Waals surface area contributed by atoms with Crippen LogP contribution in [0.4, 0.5) is 10.5 Å². The summed E-state index contributed by atoms with van der Waals surface area (Å²) in [5, 5.41) is 4.76. The predicted molar refractivity (Wildman–Crippen MR) is 175 cm³/mol. The fraction of sp³-hybridized carbons (Fsp3) is 0.529. The molecule has 234 valence electrons. The number of hydrogen-bond acceptors (Lipinski definition) is 8. The number of anilines is 1. The SMILES string of the molecule is CC1CCCN1c1cc(CN(C)C)cc(-c2cnc3c(n2)c(-c2cnn(C4CCN(C)CC4)c2)cn3C(=O)OC(C)(C)C)c1. The Hall–Kier alpha value is -3.76. The molecule has 10 nitrogen and oxygen atoms in total. The highest BCUT2D eigenvalue weighted by atomic mass is 16.6. The smallest absolute Gasteiger partial charge is 0.420 e. The van der Waals surface area contributed by atoms with Crippen molar-refractivity contribution in [3.05, 3.63) is 48.5 Å². The van der Waals surface area contributed by atoms with E-state index in [0.717, 1.165) is 61.4 Å². The molecule has 0 amide bonds. The number of piperidine rings is 1. The Balaban J connectivity index is 1.45. The third-order valence-corrected chi connectivity index (χ3v) is 8.72. The summed E-state index contributed by atoms with van der Waals surface area (Å²) in [4.78, 5) is 30.4. The van der Waals surface area contributed by atoms with Crippen molar-refractivity contribution in [2.45, 2.75) is 77.6 Å².